The number of thiol groups is 1. The van der Waals surface area contributed by atoms with Gasteiger partial charge in [-0.2, -0.15) is 17.5 Å². The second-order valence-corrected chi connectivity index (χ2v) is 1.94. The Morgan fingerprint density at radius 1 is 1.71 bits per heavy atom. The summed E-state index contributed by atoms with van der Waals surface area (Å²) in [5.74, 6) is 0. The van der Waals surface area contributed by atoms with E-state index >= 15 is 0 Å². The predicted molar refractivity (Wildman–Crippen MR) is 29.0 cm³/mol. The third-order valence-electron chi connectivity index (χ3n) is 0.663. The van der Waals surface area contributed by atoms with Gasteiger partial charge in [0.15, 0.2) is 0 Å². The quantitative estimate of drug-likeness (QED) is 0.374. The van der Waals surface area contributed by atoms with Crippen LogP contribution in [0.3, 0.4) is 0 Å². The smallest absolute Gasteiger partial charge is 0.126 e. The summed E-state index contributed by atoms with van der Waals surface area (Å²) in [6, 6.07) is 0. The molecule has 0 saturated carbocycles. The fourth-order valence-electron chi connectivity index (χ4n) is 0.327. The summed E-state index contributed by atoms with van der Waals surface area (Å²) in [7, 11) is 0. The van der Waals surface area contributed by atoms with Crippen LogP contribution in [-0.4, -0.2) is 11.9 Å². The van der Waals surface area contributed by atoms with Gasteiger partial charge < -0.3 is 4.89 Å². The molecule has 0 N–H and O–H groups in total. The van der Waals surface area contributed by atoms with E-state index in [0.717, 1.165) is 0 Å². The third-order valence-corrected chi connectivity index (χ3v) is 0.984. The molecule has 1 aliphatic rings. The van der Waals surface area contributed by atoms with E-state index in [-0.39, 0.29) is 5.25 Å². The van der Waals surface area contributed by atoms with Gasteiger partial charge in [-0.05, 0) is 6.08 Å². The Balaban J connectivity index is 2.36. The molecule has 0 amide bonds. The monoisotopic (exact) mass is 118 g/mol. The van der Waals surface area contributed by atoms with E-state index in [9.17, 15) is 0 Å². The molecule has 40 valence electrons. The van der Waals surface area contributed by atoms with Crippen molar-refractivity contribution < 1.29 is 9.78 Å². The normalized spacial score (nSPS) is 29.6. The number of rotatable bonds is 0. The van der Waals surface area contributed by atoms with Crippen molar-refractivity contribution in [1.82, 2.24) is 0 Å². The van der Waals surface area contributed by atoms with Crippen molar-refractivity contribution in [3.8, 4) is 0 Å². The fourth-order valence-corrected chi connectivity index (χ4v) is 0.458. The summed E-state index contributed by atoms with van der Waals surface area (Å²) in [6.07, 6.45) is 3.31. The molecule has 0 aromatic carbocycles. The SMILES string of the molecule is SC1C=COOC1. The Kier molecular flexibility index (Phi) is 1.59. The molecule has 0 spiro atoms. The molecule has 2 nitrogen and oxygen atoms in total. The highest BCUT2D eigenvalue weighted by atomic mass is 32.1. The van der Waals surface area contributed by atoms with Crippen LogP contribution in [0.25, 0.3) is 0 Å². The molecule has 1 atom stereocenters. The molecule has 1 unspecified atom stereocenters. The van der Waals surface area contributed by atoms with Gasteiger partial charge in [-0.15, -0.1) is 0 Å². The van der Waals surface area contributed by atoms with Gasteiger partial charge in [0.1, 0.15) is 12.9 Å². The van der Waals surface area contributed by atoms with Crippen LogP contribution in [0, 0.1) is 0 Å². The molecule has 0 aromatic heterocycles. The molecule has 1 aliphatic heterocycles. The van der Waals surface area contributed by atoms with Gasteiger partial charge >= 0.3 is 0 Å². The summed E-state index contributed by atoms with van der Waals surface area (Å²) in [4.78, 5) is 8.93. The van der Waals surface area contributed by atoms with Gasteiger partial charge in [-0.1, -0.05) is 0 Å². The van der Waals surface area contributed by atoms with Crippen LogP contribution in [0.5, 0.6) is 0 Å². The van der Waals surface area contributed by atoms with Crippen molar-refractivity contribution in [2.45, 2.75) is 5.25 Å². The lowest BCUT2D eigenvalue weighted by Crippen LogP contribution is -2.09. The first-order valence-electron chi connectivity index (χ1n) is 2.02. The van der Waals surface area contributed by atoms with Crippen molar-refractivity contribution in [2.75, 3.05) is 6.61 Å². The highest BCUT2D eigenvalue weighted by molar-refractivity contribution is 7.81. The lowest BCUT2D eigenvalue weighted by molar-refractivity contribution is -0.253. The van der Waals surface area contributed by atoms with Crippen LogP contribution in [0.1, 0.15) is 0 Å². The van der Waals surface area contributed by atoms with Gasteiger partial charge in [-0.3, -0.25) is 0 Å². The molecule has 0 bridgehead atoms. The molecule has 7 heavy (non-hydrogen) atoms. The van der Waals surface area contributed by atoms with E-state index in [1.165, 1.54) is 6.26 Å². The molecular formula is C4H6O2S. The maximum atomic E-state index is 4.52. The average Bonchev–Trinajstić information content (AvgIpc) is 1.69. The standard InChI is InChI=1S/C4H6O2S/c7-4-1-2-5-6-3-4/h1-2,4,7H,3H2. The van der Waals surface area contributed by atoms with Crippen molar-refractivity contribution in [3.63, 3.8) is 0 Å². The zero-order chi connectivity index (χ0) is 5.11. The van der Waals surface area contributed by atoms with Gasteiger partial charge in [0, 0.05) is 0 Å². The first kappa shape index (κ1) is 5.00. The zero-order valence-corrected chi connectivity index (χ0v) is 4.60. The first-order chi connectivity index (χ1) is 3.39. The van der Waals surface area contributed by atoms with Crippen LogP contribution < -0.4 is 0 Å². The van der Waals surface area contributed by atoms with Crippen molar-refractivity contribution in [3.05, 3.63) is 12.3 Å². The zero-order valence-electron chi connectivity index (χ0n) is 3.70. The molecule has 0 saturated heterocycles. The highest BCUT2D eigenvalue weighted by Gasteiger charge is 2.01. The molecule has 3 heteroatoms. The Hall–Kier alpha value is -0.150. The van der Waals surface area contributed by atoms with E-state index in [1.54, 1.807) is 0 Å². The largest absolute Gasteiger partial charge is 0.346 e. The second kappa shape index (κ2) is 2.23. The van der Waals surface area contributed by atoms with Gasteiger partial charge in [0.05, 0.1) is 5.25 Å². The molecule has 1 rings (SSSR count). The fraction of sp³-hybridized carbons (Fsp3) is 0.500. The first-order valence-corrected chi connectivity index (χ1v) is 2.54. The summed E-state index contributed by atoms with van der Waals surface area (Å²) < 4.78 is 0. The minimum atomic E-state index is 0.203. The van der Waals surface area contributed by atoms with Crippen molar-refractivity contribution in [1.29, 1.82) is 0 Å². The minimum absolute atomic E-state index is 0.203. The lowest BCUT2D eigenvalue weighted by Gasteiger charge is -2.08. The Morgan fingerprint density at radius 3 is 2.86 bits per heavy atom. The van der Waals surface area contributed by atoms with Crippen molar-refractivity contribution in [2.24, 2.45) is 0 Å². The van der Waals surface area contributed by atoms with Crippen LogP contribution >= 0.6 is 12.6 Å². The van der Waals surface area contributed by atoms with E-state index in [0.29, 0.717) is 6.61 Å². The van der Waals surface area contributed by atoms with E-state index in [2.05, 4.69) is 22.4 Å². The minimum Gasteiger partial charge on any atom is -0.346 e. The summed E-state index contributed by atoms with van der Waals surface area (Å²) in [5, 5.41) is 0.203. The van der Waals surface area contributed by atoms with Gasteiger partial charge in [0.25, 0.3) is 0 Å². The van der Waals surface area contributed by atoms with Crippen LogP contribution in [0.2, 0.25) is 0 Å². The molecular weight excluding hydrogens is 112 g/mol. The summed E-state index contributed by atoms with van der Waals surface area (Å²) in [6.45, 7) is 0.541. The molecule has 0 fully saturated rings. The van der Waals surface area contributed by atoms with Crippen LogP contribution in [0.15, 0.2) is 12.3 Å². The van der Waals surface area contributed by atoms with Crippen LogP contribution in [0.4, 0.5) is 0 Å². The summed E-state index contributed by atoms with van der Waals surface area (Å²) >= 11 is 4.07. The number of hydrogen-bond donors (Lipinski definition) is 1. The van der Waals surface area contributed by atoms with E-state index in [4.69, 9.17) is 0 Å². The van der Waals surface area contributed by atoms with E-state index < -0.39 is 0 Å². The average molecular weight is 118 g/mol. The molecule has 1 heterocycles. The molecule has 0 aromatic rings. The third kappa shape index (κ3) is 1.41. The van der Waals surface area contributed by atoms with E-state index in [1.807, 2.05) is 6.08 Å². The highest BCUT2D eigenvalue weighted by Crippen LogP contribution is 2.03. The molecule has 0 radical (unpaired) electrons. The lowest BCUT2D eigenvalue weighted by atomic mass is 10.4. The Labute approximate surface area is 47.5 Å². The maximum Gasteiger partial charge on any atom is 0.126 e. The maximum absolute atomic E-state index is 4.52. The summed E-state index contributed by atoms with van der Waals surface area (Å²) in [5.41, 5.74) is 0. The number of hydrogen-bond acceptors (Lipinski definition) is 3. The van der Waals surface area contributed by atoms with Crippen molar-refractivity contribution >= 4 is 12.6 Å². The Bertz CT molecular complexity index is 81.8. The Morgan fingerprint density at radius 2 is 2.57 bits per heavy atom. The second-order valence-electron chi connectivity index (χ2n) is 1.28. The van der Waals surface area contributed by atoms with Gasteiger partial charge in [0.2, 0.25) is 0 Å². The predicted octanol–water partition coefficient (Wildman–Crippen LogP) is 0.760. The van der Waals surface area contributed by atoms with Crippen LogP contribution in [-0.2, 0) is 9.78 Å². The topological polar surface area (TPSA) is 18.5 Å². The molecule has 0 aliphatic carbocycles. The van der Waals surface area contributed by atoms with Gasteiger partial charge in [-0.25, -0.2) is 0 Å².